The molecule has 168 valence electrons. The molecule has 9 heteroatoms. The highest BCUT2D eigenvalue weighted by Crippen LogP contribution is 2.43. The van der Waals surface area contributed by atoms with E-state index in [-0.39, 0.29) is 23.6 Å². The van der Waals surface area contributed by atoms with Gasteiger partial charge in [0.05, 0.1) is 10.9 Å². The standard InChI is InChI=1S/C21H32ClN3O4S/c1-23(2)13-14-24(3)21(26)29-15-18-5-4-6-20(16-7-8-16)25(18)30(27,28)19-11-9-17(22)10-12-19/h9-12,16,18,20H,4-8,13-15H2,1-3H3/t18-,20+/m1/s1. The Morgan fingerprint density at radius 3 is 2.37 bits per heavy atom. The largest absolute Gasteiger partial charge is 0.448 e. The lowest BCUT2D eigenvalue weighted by Crippen LogP contribution is -2.53. The van der Waals surface area contributed by atoms with Gasteiger partial charge in [-0.05, 0) is 70.0 Å². The molecule has 1 aliphatic heterocycles. The summed E-state index contributed by atoms with van der Waals surface area (Å²) < 4.78 is 34.2. The molecular formula is C21H32ClN3O4S. The third-order valence-corrected chi connectivity index (χ3v) is 8.12. The number of piperidine rings is 1. The average molecular weight is 458 g/mol. The lowest BCUT2D eigenvalue weighted by Gasteiger charge is -2.41. The number of hydrogen-bond donors (Lipinski definition) is 0. The average Bonchev–Trinajstić information content (AvgIpc) is 3.55. The Kier molecular flexibility index (Phi) is 7.66. The maximum Gasteiger partial charge on any atom is 0.409 e. The van der Waals surface area contributed by atoms with Crippen LogP contribution in [0, 0.1) is 5.92 Å². The Morgan fingerprint density at radius 1 is 1.10 bits per heavy atom. The molecule has 1 aliphatic carbocycles. The molecule has 7 nitrogen and oxygen atoms in total. The Morgan fingerprint density at radius 2 is 1.77 bits per heavy atom. The molecule has 1 heterocycles. The summed E-state index contributed by atoms with van der Waals surface area (Å²) in [7, 11) is 1.87. The van der Waals surface area contributed by atoms with Gasteiger partial charge in [-0.25, -0.2) is 13.2 Å². The Balaban J connectivity index is 1.75. The maximum absolute atomic E-state index is 13.5. The molecule has 0 aromatic heterocycles. The molecule has 0 spiro atoms. The van der Waals surface area contributed by atoms with Gasteiger partial charge in [0.1, 0.15) is 6.61 Å². The summed E-state index contributed by atoms with van der Waals surface area (Å²) in [6.07, 6.45) is 4.16. The van der Waals surface area contributed by atoms with Crippen molar-refractivity contribution in [3.05, 3.63) is 29.3 Å². The highest BCUT2D eigenvalue weighted by atomic mass is 35.5. The van der Waals surface area contributed by atoms with Crippen molar-refractivity contribution in [1.29, 1.82) is 0 Å². The van der Waals surface area contributed by atoms with Gasteiger partial charge < -0.3 is 14.5 Å². The van der Waals surface area contributed by atoms with Crippen molar-refractivity contribution < 1.29 is 17.9 Å². The summed E-state index contributed by atoms with van der Waals surface area (Å²) in [5.41, 5.74) is 0. The molecule has 0 N–H and O–H groups in total. The zero-order valence-electron chi connectivity index (χ0n) is 18.0. The topological polar surface area (TPSA) is 70.2 Å². The fourth-order valence-corrected chi connectivity index (χ4v) is 6.03. The number of rotatable bonds is 8. The minimum atomic E-state index is -3.71. The molecule has 1 saturated carbocycles. The van der Waals surface area contributed by atoms with E-state index in [1.165, 1.54) is 4.90 Å². The first kappa shape index (κ1) is 23.3. The van der Waals surface area contributed by atoms with Gasteiger partial charge in [0.15, 0.2) is 0 Å². The van der Waals surface area contributed by atoms with E-state index in [0.29, 0.717) is 23.9 Å². The summed E-state index contributed by atoms with van der Waals surface area (Å²) in [4.78, 5) is 16.1. The van der Waals surface area contributed by atoms with Gasteiger partial charge in [-0.2, -0.15) is 4.31 Å². The highest BCUT2D eigenvalue weighted by molar-refractivity contribution is 7.89. The number of amides is 1. The van der Waals surface area contributed by atoms with E-state index in [2.05, 4.69) is 0 Å². The minimum absolute atomic E-state index is 0.0328. The van der Waals surface area contributed by atoms with E-state index in [1.54, 1.807) is 35.6 Å². The summed E-state index contributed by atoms with van der Waals surface area (Å²) in [5.74, 6) is 0.397. The van der Waals surface area contributed by atoms with Crippen LogP contribution in [0.3, 0.4) is 0 Å². The third kappa shape index (κ3) is 5.66. The first-order valence-corrected chi connectivity index (χ1v) is 12.3. The van der Waals surface area contributed by atoms with E-state index in [0.717, 1.165) is 32.2 Å². The van der Waals surface area contributed by atoms with Gasteiger partial charge in [0.25, 0.3) is 0 Å². The van der Waals surface area contributed by atoms with E-state index in [4.69, 9.17) is 16.3 Å². The van der Waals surface area contributed by atoms with Crippen LogP contribution in [-0.4, -0.2) is 81.5 Å². The SMILES string of the molecule is CN(C)CCN(C)C(=O)OC[C@H]1CCC[C@@H](C2CC2)N1S(=O)(=O)c1ccc(Cl)cc1. The predicted molar refractivity (Wildman–Crippen MR) is 117 cm³/mol. The number of likely N-dealkylation sites (N-methyl/N-ethyl adjacent to an activating group) is 2. The zero-order chi connectivity index (χ0) is 21.9. The molecule has 1 saturated heterocycles. The molecule has 30 heavy (non-hydrogen) atoms. The molecule has 0 bridgehead atoms. The second kappa shape index (κ2) is 9.85. The number of halogens is 1. The van der Waals surface area contributed by atoms with Gasteiger partial charge in [-0.15, -0.1) is 0 Å². The van der Waals surface area contributed by atoms with Crippen LogP contribution in [0.25, 0.3) is 0 Å². The quantitative estimate of drug-likeness (QED) is 0.599. The molecule has 3 rings (SSSR count). The van der Waals surface area contributed by atoms with Gasteiger partial charge >= 0.3 is 6.09 Å². The van der Waals surface area contributed by atoms with Crippen LogP contribution < -0.4 is 0 Å². The molecule has 1 amide bonds. The first-order valence-electron chi connectivity index (χ1n) is 10.5. The van der Waals surface area contributed by atoms with Crippen LogP contribution in [0.15, 0.2) is 29.2 Å². The minimum Gasteiger partial charge on any atom is -0.448 e. The van der Waals surface area contributed by atoms with E-state index >= 15 is 0 Å². The maximum atomic E-state index is 13.5. The van der Waals surface area contributed by atoms with Crippen LogP contribution in [0.2, 0.25) is 5.02 Å². The highest BCUT2D eigenvalue weighted by Gasteiger charge is 2.46. The Bertz CT molecular complexity index is 827. The molecule has 1 aromatic carbocycles. The second-order valence-electron chi connectivity index (χ2n) is 8.58. The molecule has 2 fully saturated rings. The molecule has 0 radical (unpaired) electrons. The van der Waals surface area contributed by atoms with Crippen LogP contribution in [0.1, 0.15) is 32.1 Å². The Hall–Kier alpha value is -1.35. The number of ether oxygens (including phenoxy) is 1. The van der Waals surface area contributed by atoms with E-state index in [1.807, 2.05) is 19.0 Å². The van der Waals surface area contributed by atoms with Crippen molar-refractivity contribution in [2.75, 3.05) is 40.8 Å². The lowest BCUT2D eigenvalue weighted by atomic mass is 9.96. The van der Waals surface area contributed by atoms with Crippen molar-refractivity contribution in [2.24, 2.45) is 5.92 Å². The van der Waals surface area contributed by atoms with Crippen molar-refractivity contribution >= 4 is 27.7 Å². The van der Waals surface area contributed by atoms with Crippen LogP contribution >= 0.6 is 11.6 Å². The second-order valence-corrected chi connectivity index (χ2v) is 10.9. The zero-order valence-corrected chi connectivity index (χ0v) is 19.5. The molecule has 1 aromatic rings. The van der Waals surface area contributed by atoms with E-state index in [9.17, 15) is 13.2 Å². The molecular weight excluding hydrogens is 426 g/mol. The smallest absolute Gasteiger partial charge is 0.409 e. The molecule has 2 atom stereocenters. The normalized spacial score (nSPS) is 22.8. The van der Waals surface area contributed by atoms with Gasteiger partial charge in [0, 0.05) is 31.2 Å². The van der Waals surface area contributed by atoms with Crippen molar-refractivity contribution in [3.8, 4) is 0 Å². The monoisotopic (exact) mass is 457 g/mol. The summed E-state index contributed by atoms with van der Waals surface area (Å²) in [6.45, 7) is 1.35. The fourth-order valence-electron chi connectivity index (χ4n) is 3.99. The third-order valence-electron chi connectivity index (χ3n) is 5.87. The van der Waals surface area contributed by atoms with Crippen molar-refractivity contribution in [3.63, 3.8) is 0 Å². The number of benzene rings is 1. The fraction of sp³-hybridized carbons (Fsp3) is 0.667. The number of sulfonamides is 1. The number of nitrogens with zero attached hydrogens (tertiary/aromatic N) is 3. The van der Waals surface area contributed by atoms with Crippen molar-refractivity contribution in [1.82, 2.24) is 14.1 Å². The lowest BCUT2D eigenvalue weighted by molar-refractivity contribution is 0.0621. The van der Waals surface area contributed by atoms with Crippen LogP contribution in [0.5, 0.6) is 0 Å². The molecule has 0 unspecified atom stereocenters. The van der Waals surface area contributed by atoms with Crippen molar-refractivity contribution in [2.45, 2.75) is 49.1 Å². The van der Waals surface area contributed by atoms with Crippen LogP contribution in [-0.2, 0) is 14.8 Å². The Labute approximate surface area is 185 Å². The number of carbonyl (C=O) groups excluding carboxylic acids is 1. The first-order chi connectivity index (χ1) is 14.2. The molecule has 2 aliphatic rings. The van der Waals surface area contributed by atoms with Gasteiger partial charge in [0.2, 0.25) is 10.0 Å². The number of hydrogen-bond acceptors (Lipinski definition) is 5. The van der Waals surface area contributed by atoms with Crippen LogP contribution in [0.4, 0.5) is 4.79 Å². The summed E-state index contributed by atoms with van der Waals surface area (Å²) in [6, 6.07) is 5.91. The van der Waals surface area contributed by atoms with E-state index < -0.39 is 16.1 Å². The number of carbonyl (C=O) groups is 1. The van der Waals surface area contributed by atoms with Gasteiger partial charge in [-0.1, -0.05) is 18.0 Å². The summed E-state index contributed by atoms with van der Waals surface area (Å²) in [5, 5.41) is 0.498. The van der Waals surface area contributed by atoms with Gasteiger partial charge in [-0.3, -0.25) is 0 Å². The predicted octanol–water partition coefficient (Wildman–Crippen LogP) is 3.29. The summed E-state index contributed by atoms with van der Waals surface area (Å²) >= 11 is 5.95.